The van der Waals surface area contributed by atoms with E-state index in [1.807, 2.05) is 12.1 Å². The van der Waals surface area contributed by atoms with Crippen LogP contribution < -0.4 is 11.5 Å². The highest BCUT2D eigenvalue weighted by molar-refractivity contribution is 5.96. The molecule has 27 heavy (non-hydrogen) atoms. The number of pyridine rings is 1. The summed E-state index contributed by atoms with van der Waals surface area (Å²) in [6.45, 7) is 1.48. The van der Waals surface area contributed by atoms with Gasteiger partial charge in [-0.3, -0.25) is 19.8 Å². The van der Waals surface area contributed by atoms with Gasteiger partial charge in [-0.25, -0.2) is 5.06 Å². The Kier molecular flexibility index (Phi) is 6.83. The maximum atomic E-state index is 12.3. The van der Waals surface area contributed by atoms with E-state index in [1.165, 1.54) is 19.1 Å². The van der Waals surface area contributed by atoms with E-state index in [-0.39, 0.29) is 10.6 Å². The Bertz CT molecular complexity index is 881. The lowest BCUT2D eigenvalue weighted by Crippen LogP contribution is -2.54. The molecule has 0 aliphatic rings. The SMILES string of the molecule is C[C@@H](N)[C@@H](C(N)=O)N(O)C(=O)c1ccc(/C=C/C#Cc2cccnc2)cc1. The molecule has 0 fully saturated rings. The molecule has 0 aliphatic carbocycles. The highest BCUT2D eigenvalue weighted by Gasteiger charge is 2.31. The van der Waals surface area contributed by atoms with Crippen LogP contribution in [-0.4, -0.2) is 39.2 Å². The van der Waals surface area contributed by atoms with Crippen LogP contribution in [0.5, 0.6) is 0 Å². The number of hydrogen-bond donors (Lipinski definition) is 3. The zero-order valence-corrected chi connectivity index (χ0v) is 14.7. The Morgan fingerprint density at radius 3 is 2.52 bits per heavy atom. The van der Waals surface area contributed by atoms with Crippen LogP contribution >= 0.6 is 0 Å². The lowest BCUT2D eigenvalue weighted by molar-refractivity contribution is -0.140. The molecule has 2 rings (SSSR count). The molecule has 7 heteroatoms. The van der Waals surface area contributed by atoms with Crippen molar-refractivity contribution in [3.63, 3.8) is 0 Å². The Hall–Kier alpha value is -3.47. The average Bonchev–Trinajstić information content (AvgIpc) is 2.65. The largest absolute Gasteiger partial charge is 0.368 e. The first kappa shape index (κ1) is 19.8. The van der Waals surface area contributed by atoms with E-state index in [9.17, 15) is 14.8 Å². The van der Waals surface area contributed by atoms with Gasteiger partial charge in [-0.05, 0) is 48.9 Å². The second-order valence-corrected chi connectivity index (χ2v) is 5.82. The van der Waals surface area contributed by atoms with Crippen molar-refractivity contribution in [1.29, 1.82) is 0 Å². The number of carbonyl (C=O) groups excluding carboxylic acids is 2. The number of hydroxylamine groups is 2. The standard InChI is InChI=1S/C20H20N4O3/c1-14(21)18(19(22)25)24(27)20(26)17-10-8-15(9-11-17)5-2-3-6-16-7-4-12-23-13-16/h2,4-5,7-14,18,27H,21H2,1H3,(H2,22,25)/b5-2+/t14-,18+/m1/s1. The van der Waals surface area contributed by atoms with Crippen molar-refractivity contribution in [3.05, 3.63) is 71.6 Å². The van der Waals surface area contributed by atoms with Gasteiger partial charge in [-0.1, -0.05) is 24.0 Å². The fourth-order valence-electron chi connectivity index (χ4n) is 2.30. The summed E-state index contributed by atoms with van der Waals surface area (Å²) in [5.74, 6) is 4.20. The van der Waals surface area contributed by atoms with Gasteiger partial charge in [-0.15, -0.1) is 0 Å². The third-order valence-corrected chi connectivity index (χ3v) is 3.66. The summed E-state index contributed by atoms with van der Waals surface area (Å²) in [6, 6.07) is 7.98. The number of benzene rings is 1. The van der Waals surface area contributed by atoms with Crippen molar-refractivity contribution >= 4 is 17.9 Å². The summed E-state index contributed by atoms with van der Waals surface area (Å²) < 4.78 is 0. The van der Waals surface area contributed by atoms with Crippen molar-refractivity contribution < 1.29 is 14.8 Å². The van der Waals surface area contributed by atoms with Crippen LogP contribution in [0.25, 0.3) is 6.08 Å². The molecule has 0 saturated carbocycles. The summed E-state index contributed by atoms with van der Waals surface area (Å²) in [6.07, 6.45) is 6.81. The maximum absolute atomic E-state index is 12.3. The quantitative estimate of drug-likeness (QED) is 0.418. The minimum Gasteiger partial charge on any atom is -0.368 e. The third kappa shape index (κ3) is 5.51. The monoisotopic (exact) mass is 364 g/mol. The summed E-state index contributed by atoms with van der Waals surface area (Å²) in [5.41, 5.74) is 12.6. The second kappa shape index (κ2) is 9.29. The first-order chi connectivity index (χ1) is 12.9. The number of nitrogens with zero attached hydrogens (tertiary/aromatic N) is 2. The summed E-state index contributed by atoms with van der Waals surface area (Å²) in [5, 5.41) is 10.3. The minimum absolute atomic E-state index is 0.197. The number of hydrogen-bond acceptors (Lipinski definition) is 5. The predicted octanol–water partition coefficient (Wildman–Crippen LogP) is 1.18. The number of aromatic nitrogens is 1. The van der Waals surface area contributed by atoms with Crippen LogP contribution in [-0.2, 0) is 4.79 Å². The van der Waals surface area contributed by atoms with Gasteiger partial charge in [-0.2, -0.15) is 0 Å². The number of amides is 2. The summed E-state index contributed by atoms with van der Waals surface area (Å²) >= 11 is 0. The molecule has 2 amide bonds. The van der Waals surface area contributed by atoms with Gasteiger partial charge in [0.25, 0.3) is 5.91 Å². The zero-order chi connectivity index (χ0) is 19.8. The molecule has 1 aromatic carbocycles. The van der Waals surface area contributed by atoms with Crippen LogP contribution in [0.1, 0.15) is 28.4 Å². The zero-order valence-electron chi connectivity index (χ0n) is 14.7. The van der Waals surface area contributed by atoms with E-state index in [0.29, 0.717) is 0 Å². The smallest absolute Gasteiger partial charge is 0.278 e. The van der Waals surface area contributed by atoms with Gasteiger partial charge in [0, 0.05) is 29.6 Å². The Labute approximate surface area is 157 Å². The van der Waals surface area contributed by atoms with Crippen LogP contribution in [0.2, 0.25) is 0 Å². The molecule has 0 aliphatic heterocycles. The van der Waals surface area contributed by atoms with Crippen LogP contribution in [0.3, 0.4) is 0 Å². The van der Waals surface area contributed by atoms with Gasteiger partial charge in [0.15, 0.2) is 6.04 Å². The first-order valence-electron chi connectivity index (χ1n) is 8.15. The highest BCUT2D eigenvalue weighted by Crippen LogP contribution is 2.11. The Morgan fingerprint density at radius 1 is 1.26 bits per heavy atom. The lowest BCUT2D eigenvalue weighted by Gasteiger charge is -2.26. The van der Waals surface area contributed by atoms with Gasteiger partial charge in [0.05, 0.1) is 0 Å². The molecule has 0 bridgehead atoms. The molecular formula is C20H20N4O3. The molecule has 138 valence electrons. The highest BCUT2D eigenvalue weighted by atomic mass is 16.5. The molecule has 2 atom stereocenters. The number of allylic oxidation sites excluding steroid dienone is 1. The predicted molar refractivity (Wildman–Crippen MR) is 101 cm³/mol. The molecule has 0 spiro atoms. The van der Waals surface area contributed by atoms with Gasteiger partial charge >= 0.3 is 0 Å². The molecule has 0 unspecified atom stereocenters. The van der Waals surface area contributed by atoms with Crippen molar-refractivity contribution in [2.24, 2.45) is 11.5 Å². The second-order valence-electron chi connectivity index (χ2n) is 5.82. The molecular weight excluding hydrogens is 344 g/mol. The molecule has 1 heterocycles. The average molecular weight is 364 g/mol. The fourth-order valence-corrected chi connectivity index (χ4v) is 2.30. The Balaban J connectivity index is 2.06. The van der Waals surface area contributed by atoms with E-state index >= 15 is 0 Å². The van der Waals surface area contributed by atoms with Gasteiger partial charge in [0.2, 0.25) is 5.91 Å². The minimum atomic E-state index is -1.31. The molecule has 7 nitrogen and oxygen atoms in total. The van der Waals surface area contributed by atoms with Crippen molar-refractivity contribution in [2.45, 2.75) is 19.0 Å². The van der Waals surface area contributed by atoms with Gasteiger partial charge in [0.1, 0.15) is 0 Å². The number of rotatable bonds is 5. The number of nitrogens with two attached hydrogens (primary N) is 2. The topological polar surface area (TPSA) is 123 Å². The van der Waals surface area contributed by atoms with E-state index in [4.69, 9.17) is 11.5 Å². The summed E-state index contributed by atoms with van der Waals surface area (Å²) in [7, 11) is 0. The molecule has 0 saturated heterocycles. The van der Waals surface area contributed by atoms with E-state index < -0.39 is 23.9 Å². The fraction of sp³-hybridized carbons (Fsp3) is 0.150. The van der Waals surface area contributed by atoms with E-state index in [1.54, 1.807) is 36.7 Å². The third-order valence-electron chi connectivity index (χ3n) is 3.66. The van der Waals surface area contributed by atoms with Crippen molar-refractivity contribution in [1.82, 2.24) is 10.0 Å². The van der Waals surface area contributed by atoms with Crippen molar-refractivity contribution in [2.75, 3.05) is 0 Å². The normalized spacial score (nSPS) is 12.7. The number of primary amides is 1. The molecule has 5 N–H and O–H groups in total. The lowest BCUT2D eigenvalue weighted by atomic mass is 10.1. The van der Waals surface area contributed by atoms with E-state index in [0.717, 1.165) is 11.1 Å². The van der Waals surface area contributed by atoms with Crippen LogP contribution in [0.15, 0.2) is 54.9 Å². The van der Waals surface area contributed by atoms with Crippen LogP contribution in [0.4, 0.5) is 0 Å². The first-order valence-corrected chi connectivity index (χ1v) is 8.15. The van der Waals surface area contributed by atoms with Gasteiger partial charge < -0.3 is 11.5 Å². The maximum Gasteiger partial charge on any atom is 0.278 e. The van der Waals surface area contributed by atoms with E-state index in [2.05, 4.69) is 16.8 Å². The molecule has 1 aromatic heterocycles. The van der Waals surface area contributed by atoms with Crippen molar-refractivity contribution in [3.8, 4) is 11.8 Å². The summed E-state index contributed by atoms with van der Waals surface area (Å²) in [4.78, 5) is 27.7. The van der Waals surface area contributed by atoms with Crippen LogP contribution in [0, 0.1) is 11.8 Å². The molecule has 2 aromatic rings. The Morgan fingerprint density at radius 2 is 1.96 bits per heavy atom. The number of carbonyl (C=O) groups is 2. The molecule has 0 radical (unpaired) electrons.